The van der Waals surface area contributed by atoms with Crippen LogP contribution in [0, 0.1) is 11.8 Å². The van der Waals surface area contributed by atoms with Gasteiger partial charge in [0, 0.05) is 17.4 Å². The van der Waals surface area contributed by atoms with E-state index in [0.717, 1.165) is 18.4 Å². The number of hydrogen-bond acceptors (Lipinski definition) is 5. The Balaban J connectivity index is 2.01. The van der Waals surface area contributed by atoms with E-state index in [1.165, 1.54) is 0 Å². The highest BCUT2D eigenvalue weighted by Crippen LogP contribution is 2.21. The molecule has 2 rings (SSSR count). The summed E-state index contributed by atoms with van der Waals surface area (Å²) in [5.41, 5.74) is 6.80. The van der Waals surface area contributed by atoms with Gasteiger partial charge in [-0.1, -0.05) is 19.0 Å². The first-order valence-corrected chi connectivity index (χ1v) is 7.18. The highest BCUT2D eigenvalue weighted by atomic mass is 32.1. The molecule has 0 radical (unpaired) electrons. The van der Waals surface area contributed by atoms with E-state index >= 15 is 0 Å². The first-order valence-electron chi connectivity index (χ1n) is 6.24. The Morgan fingerprint density at radius 2 is 2.28 bits per heavy atom. The molecule has 5 heteroatoms. The summed E-state index contributed by atoms with van der Waals surface area (Å²) in [5.74, 6) is 2.41. The third kappa shape index (κ3) is 3.40. The molecule has 2 aromatic heterocycles. The van der Waals surface area contributed by atoms with Crippen LogP contribution in [0.3, 0.4) is 0 Å². The van der Waals surface area contributed by atoms with Crippen LogP contribution in [0.1, 0.15) is 26.2 Å². The van der Waals surface area contributed by atoms with E-state index in [1.54, 1.807) is 11.3 Å². The zero-order valence-corrected chi connectivity index (χ0v) is 11.6. The van der Waals surface area contributed by atoms with Crippen LogP contribution in [0.15, 0.2) is 21.3 Å². The fraction of sp³-hybridized carbons (Fsp3) is 0.538. The van der Waals surface area contributed by atoms with Crippen molar-refractivity contribution in [1.82, 2.24) is 10.1 Å². The average molecular weight is 265 g/mol. The van der Waals surface area contributed by atoms with Crippen molar-refractivity contribution in [2.24, 2.45) is 17.6 Å². The monoisotopic (exact) mass is 265 g/mol. The summed E-state index contributed by atoms with van der Waals surface area (Å²) < 4.78 is 5.29. The van der Waals surface area contributed by atoms with Gasteiger partial charge in [-0.3, -0.25) is 0 Å². The van der Waals surface area contributed by atoms with Gasteiger partial charge >= 0.3 is 0 Å². The summed E-state index contributed by atoms with van der Waals surface area (Å²) in [6.45, 7) is 5.06. The van der Waals surface area contributed by atoms with Gasteiger partial charge in [0.1, 0.15) is 0 Å². The summed E-state index contributed by atoms with van der Waals surface area (Å²) >= 11 is 1.63. The standard InChI is InChI=1S/C13H19N3OS/c1-9(2)5-10(7-14)6-12-15-13(16-17-12)11-3-4-18-8-11/h3-4,8-10H,5-7,14H2,1-2H3/t10-/m0/s1. The summed E-state index contributed by atoms with van der Waals surface area (Å²) in [6.07, 6.45) is 1.86. The fourth-order valence-electron chi connectivity index (χ4n) is 2.02. The van der Waals surface area contributed by atoms with Gasteiger partial charge in [-0.15, -0.1) is 0 Å². The molecule has 4 nitrogen and oxygen atoms in total. The molecule has 0 amide bonds. The predicted octanol–water partition coefficient (Wildman–Crippen LogP) is 2.96. The minimum atomic E-state index is 0.417. The molecule has 0 saturated carbocycles. The van der Waals surface area contributed by atoms with Crippen molar-refractivity contribution < 1.29 is 4.52 Å². The molecule has 2 heterocycles. The first kappa shape index (κ1) is 13.2. The second-order valence-electron chi connectivity index (χ2n) is 4.96. The Labute approximate surface area is 111 Å². The maximum atomic E-state index is 5.78. The Kier molecular flexibility index (Phi) is 4.49. The highest BCUT2D eigenvalue weighted by molar-refractivity contribution is 7.08. The summed E-state index contributed by atoms with van der Waals surface area (Å²) in [5, 5.41) is 8.03. The van der Waals surface area contributed by atoms with E-state index in [0.29, 0.717) is 30.1 Å². The molecule has 18 heavy (non-hydrogen) atoms. The molecule has 0 spiro atoms. The lowest BCUT2D eigenvalue weighted by Gasteiger charge is -2.14. The molecule has 0 fully saturated rings. The topological polar surface area (TPSA) is 64.9 Å². The van der Waals surface area contributed by atoms with Crippen molar-refractivity contribution >= 4 is 11.3 Å². The van der Waals surface area contributed by atoms with Gasteiger partial charge in [0.05, 0.1) is 0 Å². The second kappa shape index (κ2) is 6.11. The van der Waals surface area contributed by atoms with Crippen LogP contribution in [0.2, 0.25) is 0 Å². The van der Waals surface area contributed by atoms with E-state index in [1.807, 2.05) is 16.8 Å². The van der Waals surface area contributed by atoms with Gasteiger partial charge in [0.2, 0.25) is 11.7 Å². The van der Waals surface area contributed by atoms with Crippen LogP contribution in [0.4, 0.5) is 0 Å². The van der Waals surface area contributed by atoms with Gasteiger partial charge < -0.3 is 10.3 Å². The molecule has 2 aromatic rings. The lowest BCUT2D eigenvalue weighted by molar-refractivity contribution is 0.332. The van der Waals surface area contributed by atoms with E-state index in [-0.39, 0.29) is 0 Å². The van der Waals surface area contributed by atoms with Crippen LogP contribution in [-0.2, 0) is 6.42 Å². The number of hydrogen-bond donors (Lipinski definition) is 1. The molecule has 0 unspecified atom stereocenters. The van der Waals surface area contributed by atoms with Gasteiger partial charge in [0.25, 0.3) is 0 Å². The quantitative estimate of drug-likeness (QED) is 0.872. The number of thiophene rings is 1. The zero-order chi connectivity index (χ0) is 13.0. The van der Waals surface area contributed by atoms with Crippen molar-refractivity contribution in [3.8, 4) is 11.4 Å². The maximum absolute atomic E-state index is 5.78. The van der Waals surface area contributed by atoms with E-state index < -0.39 is 0 Å². The number of aromatic nitrogens is 2. The SMILES string of the molecule is CC(C)C[C@H](CN)Cc1nc(-c2ccsc2)no1. The molecule has 98 valence electrons. The van der Waals surface area contributed by atoms with Crippen LogP contribution < -0.4 is 5.73 Å². The van der Waals surface area contributed by atoms with Crippen LogP contribution in [0.25, 0.3) is 11.4 Å². The molecule has 0 aromatic carbocycles. The summed E-state index contributed by atoms with van der Waals surface area (Å²) in [7, 11) is 0. The molecular weight excluding hydrogens is 246 g/mol. The molecular formula is C13H19N3OS. The molecule has 0 aliphatic heterocycles. The highest BCUT2D eigenvalue weighted by Gasteiger charge is 2.15. The van der Waals surface area contributed by atoms with Crippen molar-refractivity contribution in [2.75, 3.05) is 6.54 Å². The Bertz CT molecular complexity index is 464. The van der Waals surface area contributed by atoms with Gasteiger partial charge in [-0.05, 0) is 36.2 Å². The normalized spacial score (nSPS) is 13.1. The van der Waals surface area contributed by atoms with Crippen LogP contribution >= 0.6 is 11.3 Å². The molecule has 0 saturated heterocycles. The Morgan fingerprint density at radius 1 is 1.44 bits per heavy atom. The van der Waals surface area contributed by atoms with Crippen molar-refractivity contribution in [3.05, 3.63) is 22.7 Å². The largest absolute Gasteiger partial charge is 0.339 e. The third-order valence-corrected chi connectivity index (χ3v) is 3.53. The Morgan fingerprint density at radius 3 is 2.89 bits per heavy atom. The molecule has 0 bridgehead atoms. The van der Waals surface area contributed by atoms with Crippen molar-refractivity contribution in [2.45, 2.75) is 26.7 Å². The number of nitrogens with two attached hydrogens (primary N) is 1. The predicted molar refractivity (Wildman–Crippen MR) is 73.3 cm³/mol. The fourth-order valence-corrected chi connectivity index (χ4v) is 2.66. The second-order valence-corrected chi connectivity index (χ2v) is 5.74. The zero-order valence-electron chi connectivity index (χ0n) is 10.8. The summed E-state index contributed by atoms with van der Waals surface area (Å²) in [6, 6.07) is 1.99. The van der Waals surface area contributed by atoms with Crippen molar-refractivity contribution in [3.63, 3.8) is 0 Å². The lowest BCUT2D eigenvalue weighted by Crippen LogP contribution is -2.19. The van der Waals surface area contributed by atoms with Crippen LogP contribution in [0.5, 0.6) is 0 Å². The van der Waals surface area contributed by atoms with Crippen molar-refractivity contribution in [1.29, 1.82) is 0 Å². The number of nitrogens with zero attached hydrogens (tertiary/aromatic N) is 2. The average Bonchev–Trinajstić information content (AvgIpc) is 2.97. The molecule has 1 atom stereocenters. The third-order valence-electron chi connectivity index (χ3n) is 2.85. The van der Waals surface area contributed by atoms with E-state index in [4.69, 9.17) is 10.3 Å². The summed E-state index contributed by atoms with van der Waals surface area (Å²) in [4.78, 5) is 4.42. The molecule has 0 aliphatic carbocycles. The van der Waals surface area contributed by atoms with Gasteiger partial charge in [-0.2, -0.15) is 16.3 Å². The Hall–Kier alpha value is -1.20. The minimum Gasteiger partial charge on any atom is -0.339 e. The lowest BCUT2D eigenvalue weighted by atomic mass is 9.94. The van der Waals surface area contributed by atoms with Crippen LogP contribution in [-0.4, -0.2) is 16.7 Å². The molecule has 2 N–H and O–H groups in total. The smallest absolute Gasteiger partial charge is 0.227 e. The first-order chi connectivity index (χ1) is 8.69. The maximum Gasteiger partial charge on any atom is 0.227 e. The van der Waals surface area contributed by atoms with Gasteiger partial charge in [-0.25, -0.2) is 0 Å². The minimum absolute atomic E-state index is 0.417. The van der Waals surface area contributed by atoms with Gasteiger partial charge in [0.15, 0.2) is 0 Å². The molecule has 0 aliphatic rings. The number of rotatable bonds is 6. The van der Waals surface area contributed by atoms with E-state index in [9.17, 15) is 0 Å². The van der Waals surface area contributed by atoms with E-state index in [2.05, 4.69) is 24.0 Å².